The van der Waals surface area contributed by atoms with Gasteiger partial charge >= 0.3 is 0 Å². The van der Waals surface area contributed by atoms with E-state index in [1.807, 2.05) is 0 Å². The molecule has 102 valence electrons. The van der Waals surface area contributed by atoms with E-state index in [9.17, 15) is 19.3 Å². The van der Waals surface area contributed by atoms with Crippen LogP contribution in [0.1, 0.15) is 15.9 Å². The fraction of sp³-hybridized carbons (Fsp3) is 0.0769. The topological polar surface area (TPSA) is 85.1 Å². The third kappa shape index (κ3) is 2.77. The lowest BCUT2D eigenvalue weighted by molar-refractivity contribution is -0.385. The Labute approximate surface area is 113 Å². The van der Waals surface area contributed by atoms with E-state index in [0.717, 1.165) is 12.1 Å². The van der Waals surface area contributed by atoms with Gasteiger partial charge in [0.15, 0.2) is 0 Å². The lowest BCUT2D eigenvalue weighted by Crippen LogP contribution is -2.15. The van der Waals surface area contributed by atoms with E-state index in [1.165, 1.54) is 31.5 Å². The van der Waals surface area contributed by atoms with Gasteiger partial charge in [-0.05, 0) is 24.6 Å². The summed E-state index contributed by atoms with van der Waals surface area (Å²) in [6, 6.07) is 5.05. The number of benzene rings is 1. The van der Waals surface area contributed by atoms with Crippen LogP contribution in [-0.2, 0) is 0 Å². The second-order valence-corrected chi connectivity index (χ2v) is 4.07. The van der Waals surface area contributed by atoms with Gasteiger partial charge in [0.1, 0.15) is 5.82 Å². The number of nitrogens with one attached hydrogen (secondary N) is 1. The van der Waals surface area contributed by atoms with Crippen molar-refractivity contribution < 1.29 is 14.1 Å². The number of rotatable bonds is 3. The van der Waals surface area contributed by atoms with E-state index in [1.54, 1.807) is 0 Å². The Morgan fingerprint density at radius 1 is 1.35 bits per heavy atom. The van der Waals surface area contributed by atoms with Crippen LogP contribution in [0.3, 0.4) is 0 Å². The van der Waals surface area contributed by atoms with Crippen molar-refractivity contribution in [2.45, 2.75) is 6.92 Å². The van der Waals surface area contributed by atoms with Crippen LogP contribution in [0.25, 0.3) is 0 Å². The Balaban J connectivity index is 2.36. The zero-order valence-corrected chi connectivity index (χ0v) is 10.5. The van der Waals surface area contributed by atoms with Crippen LogP contribution < -0.4 is 5.32 Å². The first-order valence-electron chi connectivity index (χ1n) is 5.65. The molecule has 1 aromatic carbocycles. The zero-order valence-electron chi connectivity index (χ0n) is 10.5. The number of nitro benzene ring substituents is 1. The summed E-state index contributed by atoms with van der Waals surface area (Å²) in [7, 11) is 0. The van der Waals surface area contributed by atoms with E-state index in [-0.39, 0.29) is 16.8 Å². The monoisotopic (exact) mass is 275 g/mol. The molecule has 2 aromatic rings. The van der Waals surface area contributed by atoms with Crippen LogP contribution >= 0.6 is 0 Å². The molecule has 0 spiro atoms. The Bertz CT molecular complexity index is 674. The number of halogens is 1. The predicted octanol–water partition coefficient (Wildman–Crippen LogP) is 2.69. The number of hydrogen-bond acceptors (Lipinski definition) is 4. The number of carbonyl (C=O) groups excluding carboxylic acids is 1. The summed E-state index contributed by atoms with van der Waals surface area (Å²) in [5.74, 6) is -1.53. The van der Waals surface area contributed by atoms with Crippen LogP contribution in [0.2, 0.25) is 0 Å². The maximum Gasteiger partial charge on any atom is 0.270 e. The molecule has 0 unspecified atom stereocenters. The highest BCUT2D eigenvalue weighted by Crippen LogP contribution is 2.22. The maximum absolute atomic E-state index is 13.9. The van der Waals surface area contributed by atoms with E-state index >= 15 is 0 Å². The minimum absolute atomic E-state index is 0.0408. The molecule has 0 fully saturated rings. The average Bonchev–Trinajstić information content (AvgIpc) is 2.42. The molecule has 20 heavy (non-hydrogen) atoms. The number of non-ortho nitro benzene ring substituents is 1. The summed E-state index contributed by atoms with van der Waals surface area (Å²) in [5.41, 5.74) is -0.232. The molecule has 1 heterocycles. The van der Waals surface area contributed by atoms with Crippen LogP contribution in [-0.4, -0.2) is 15.8 Å². The Morgan fingerprint density at radius 3 is 2.60 bits per heavy atom. The largest absolute Gasteiger partial charge is 0.322 e. The first-order valence-corrected chi connectivity index (χ1v) is 5.65. The van der Waals surface area contributed by atoms with Crippen LogP contribution in [0.15, 0.2) is 36.7 Å². The number of amides is 1. The highest BCUT2D eigenvalue weighted by atomic mass is 19.1. The van der Waals surface area contributed by atoms with E-state index in [4.69, 9.17) is 0 Å². The first kappa shape index (κ1) is 13.6. The van der Waals surface area contributed by atoms with Gasteiger partial charge in [-0.25, -0.2) is 4.39 Å². The molecule has 0 saturated heterocycles. The van der Waals surface area contributed by atoms with Gasteiger partial charge in [0.2, 0.25) is 0 Å². The molecular weight excluding hydrogens is 265 g/mol. The quantitative estimate of drug-likeness (QED) is 0.689. The van der Waals surface area contributed by atoms with E-state index in [2.05, 4.69) is 10.3 Å². The standard InChI is InChI=1S/C13H10FN3O3/c1-8-6-10(17(19)20)7-11(12(8)14)13(18)16-9-2-4-15-5-3-9/h2-7H,1H3,(H,15,16,18). The van der Waals surface area contributed by atoms with Crippen LogP contribution in [0.4, 0.5) is 15.8 Å². The summed E-state index contributed by atoms with van der Waals surface area (Å²) in [5, 5.41) is 13.2. The van der Waals surface area contributed by atoms with Crippen molar-refractivity contribution in [1.82, 2.24) is 4.98 Å². The van der Waals surface area contributed by atoms with Crippen molar-refractivity contribution >= 4 is 17.3 Å². The van der Waals surface area contributed by atoms with Crippen molar-refractivity contribution in [3.05, 3.63) is 63.7 Å². The summed E-state index contributed by atoms with van der Waals surface area (Å²) in [4.78, 5) is 25.8. The molecule has 0 aliphatic heterocycles. The summed E-state index contributed by atoms with van der Waals surface area (Å²) in [6.07, 6.45) is 2.93. The Morgan fingerprint density at radius 2 is 2.00 bits per heavy atom. The molecule has 7 heteroatoms. The molecule has 2 rings (SSSR count). The Hall–Kier alpha value is -2.83. The summed E-state index contributed by atoms with van der Waals surface area (Å²) < 4.78 is 13.9. The number of nitro groups is 1. The van der Waals surface area contributed by atoms with Gasteiger partial charge in [0.05, 0.1) is 10.5 Å². The van der Waals surface area contributed by atoms with Gasteiger partial charge in [0, 0.05) is 30.2 Å². The third-order valence-electron chi connectivity index (χ3n) is 2.63. The fourth-order valence-electron chi connectivity index (χ4n) is 1.65. The lowest BCUT2D eigenvalue weighted by atomic mass is 10.1. The number of aryl methyl sites for hydroxylation is 1. The van der Waals surface area contributed by atoms with Gasteiger partial charge in [-0.2, -0.15) is 0 Å². The molecule has 1 N–H and O–H groups in total. The molecule has 0 aliphatic carbocycles. The molecular formula is C13H10FN3O3. The predicted molar refractivity (Wildman–Crippen MR) is 70.0 cm³/mol. The van der Waals surface area contributed by atoms with Gasteiger partial charge in [-0.15, -0.1) is 0 Å². The molecule has 0 atom stereocenters. The number of nitrogens with zero attached hydrogens (tertiary/aromatic N) is 2. The van der Waals surface area contributed by atoms with E-state index in [0.29, 0.717) is 5.69 Å². The molecule has 1 aromatic heterocycles. The van der Waals surface area contributed by atoms with Gasteiger partial charge in [-0.1, -0.05) is 0 Å². The summed E-state index contributed by atoms with van der Waals surface area (Å²) >= 11 is 0. The van der Waals surface area contributed by atoms with Crippen molar-refractivity contribution in [3.8, 4) is 0 Å². The smallest absolute Gasteiger partial charge is 0.270 e. The third-order valence-corrected chi connectivity index (χ3v) is 2.63. The highest BCUT2D eigenvalue weighted by molar-refractivity contribution is 6.05. The number of carbonyl (C=O) groups is 1. The molecule has 0 aliphatic rings. The molecule has 0 bridgehead atoms. The average molecular weight is 275 g/mol. The number of aromatic nitrogens is 1. The lowest BCUT2D eigenvalue weighted by Gasteiger charge is -2.07. The second kappa shape index (κ2) is 5.43. The maximum atomic E-state index is 13.9. The highest BCUT2D eigenvalue weighted by Gasteiger charge is 2.19. The van der Waals surface area contributed by atoms with Crippen molar-refractivity contribution in [3.63, 3.8) is 0 Å². The Kier molecular flexibility index (Phi) is 3.69. The number of pyridine rings is 1. The van der Waals surface area contributed by atoms with E-state index < -0.39 is 16.6 Å². The van der Waals surface area contributed by atoms with Gasteiger partial charge in [-0.3, -0.25) is 19.9 Å². The minimum atomic E-state index is -0.776. The molecule has 6 nitrogen and oxygen atoms in total. The molecule has 1 amide bonds. The minimum Gasteiger partial charge on any atom is -0.322 e. The number of hydrogen-bond donors (Lipinski definition) is 1. The fourth-order valence-corrected chi connectivity index (χ4v) is 1.65. The van der Waals surface area contributed by atoms with Crippen LogP contribution in [0, 0.1) is 22.9 Å². The first-order chi connectivity index (χ1) is 9.49. The normalized spacial score (nSPS) is 10.1. The van der Waals surface area contributed by atoms with Gasteiger partial charge < -0.3 is 5.32 Å². The SMILES string of the molecule is Cc1cc([N+](=O)[O-])cc(C(=O)Nc2ccncc2)c1F. The summed E-state index contributed by atoms with van der Waals surface area (Å²) in [6.45, 7) is 1.37. The van der Waals surface area contributed by atoms with Gasteiger partial charge in [0.25, 0.3) is 11.6 Å². The molecule has 0 saturated carbocycles. The second-order valence-electron chi connectivity index (χ2n) is 4.07. The zero-order chi connectivity index (χ0) is 14.7. The molecule has 0 radical (unpaired) electrons. The van der Waals surface area contributed by atoms with Crippen molar-refractivity contribution in [2.75, 3.05) is 5.32 Å². The van der Waals surface area contributed by atoms with Crippen LogP contribution in [0.5, 0.6) is 0 Å². The number of anilines is 1. The van der Waals surface area contributed by atoms with Crippen molar-refractivity contribution in [2.24, 2.45) is 0 Å². The van der Waals surface area contributed by atoms with Crippen molar-refractivity contribution in [1.29, 1.82) is 0 Å².